The molecular formula is C23H24N2O6S. The van der Waals surface area contributed by atoms with E-state index in [0.717, 1.165) is 0 Å². The first-order valence-corrected chi connectivity index (χ1v) is 11.5. The number of carbonyl (C=O) groups is 2. The third-order valence-electron chi connectivity index (χ3n) is 4.23. The summed E-state index contributed by atoms with van der Waals surface area (Å²) in [5, 5.41) is 0.658. The molecular weight excluding hydrogens is 432 g/mol. The molecule has 0 fully saturated rings. The molecule has 1 heterocycles. The van der Waals surface area contributed by atoms with Crippen LogP contribution >= 0.6 is 0 Å². The number of benzene rings is 2. The minimum atomic E-state index is -4.09. The topological polar surface area (TPSA) is 112 Å². The van der Waals surface area contributed by atoms with Crippen LogP contribution in [0.4, 0.5) is 5.69 Å². The van der Waals surface area contributed by atoms with Crippen LogP contribution in [0.15, 0.2) is 59.6 Å². The van der Waals surface area contributed by atoms with Crippen LogP contribution in [0.25, 0.3) is 10.9 Å². The van der Waals surface area contributed by atoms with Crippen LogP contribution in [-0.4, -0.2) is 37.5 Å². The van der Waals surface area contributed by atoms with Gasteiger partial charge < -0.3 is 9.47 Å². The van der Waals surface area contributed by atoms with Gasteiger partial charge in [-0.05, 0) is 58.0 Å². The summed E-state index contributed by atoms with van der Waals surface area (Å²) < 4.78 is 39.1. The Balaban J connectivity index is 2.05. The lowest BCUT2D eigenvalue weighted by atomic mass is 10.1. The number of ether oxygens (including phenoxy) is 2. The van der Waals surface area contributed by atoms with Gasteiger partial charge in [0.1, 0.15) is 4.90 Å². The van der Waals surface area contributed by atoms with Gasteiger partial charge in [-0.1, -0.05) is 18.2 Å². The number of rotatable bonds is 7. The van der Waals surface area contributed by atoms with Gasteiger partial charge in [0.15, 0.2) is 0 Å². The van der Waals surface area contributed by atoms with Crippen LogP contribution in [0.1, 0.15) is 48.4 Å². The van der Waals surface area contributed by atoms with E-state index in [2.05, 4.69) is 9.71 Å². The molecule has 32 heavy (non-hydrogen) atoms. The van der Waals surface area contributed by atoms with Crippen molar-refractivity contribution in [1.29, 1.82) is 0 Å². The van der Waals surface area contributed by atoms with E-state index < -0.39 is 34.2 Å². The van der Waals surface area contributed by atoms with Crippen molar-refractivity contribution in [3.63, 3.8) is 0 Å². The summed E-state index contributed by atoms with van der Waals surface area (Å²) in [7, 11) is -4.09. The predicted octanol–water partition coefficient (Wildman–Crippen LogP) is 4.17. The van der Waals surface area contributed by atoms with Gasteiger partial charge in [0.2, 0.25) is 0 Å². The van der Waals surface area contributed by atoms with Crippen molar-refractivity contribution in [3.8, 4) is 0 Å². The van der Waals surface area contributed by atoms with Gasteiger partial charge in [-0.2, -0.15) is 0 Å². The maximum atomic E-state index is 13.1. The molecule has 3 aromatic rings. The van der Waals surface area contributed by atoms with Crippen LogP contribution in [0.3, 0.4) is 0 Å². The number of hydrogen-bond acceptors (Lipinski definition) is 7. The molecule has 0 atom stereocenters. The zero-order valence-corrected chi connectivity index (χ0v) is 19.0. The highest BCUT2D eigenvalue weighted by Gasteiger charge is 2.22. The lowest BCUT2D eigenvalue weighted by Gasteiger charge is -2.14. The summed E-state index contributed by atoms with van der Waals surface area (Å²) in [6, 6.07) is 12.2. The Kier molecular flexibility index (Phi) is 6.78. The third kappa shape index (κ3) is 5.42. The average molecular weight is 457 g/mol. The second-order valence-corrected chi connectivity index (χ2v) is 9.29. The number of fused-ring (bicyclic) bond motifs is 1. The monoisotopic (exact) mass is 456 g/mol. The molecule has 2 aromatic carbocycles. The molecule has 9 heteroatoms. The first-order valence-electron chi connectivity index (χ1n) is 10.0. The second kappa shape index (κ2) is 9.35. The van der Waals surface area contributed by atoms with Gasteiger partial charge in [0, 0.05) is 11.6 Å². The number of carbonyl (C=O) groups excluding carboxylic acids is 2. The van der Waals surface area contributed by atoms with Crippen molar-refractivity contribution in [2.24, 2.45) is 0 Å². The first kappa shape index (κ1) is 23.2. The highest BCUT2D eigenvalue weighted by atomic mass is 32.2. The van der Waals surface area contributed by atoms with Gasteiger partial charge >= 0.3 is 11.9 Å². The summed E-state index contributed by atoms with van der Waals surface area (Å²) in [5.41, 5.74) is 0.362. The fourth-order valence-electron chi connectivity index (χ4n) is 2.99. The van der Waals surface area contributed by atoms with E-state index >= 15 is 0 Å². The highest BCUT2D eigenvalue weighted by molar-refractivity contribution is 7.93. The highest BCUT2D eigenvalue weighted by Crippen LogP contribution is 2.25. The summed E-state index contributed by atoms with van der Waals surface area (Å²) in [4.78, 5) is 29.1. The summed E-state index contributed by atoms with van der Waals surface area (Å²) in [6.07, 6.45) is 0.718. The zero-order valence-electron chi connectivity index (χ0n) is 18.2. The van der Waals surface area contributed by atoms with Crippen LogP contribution in [-0.2, 0) is 19.5 Å². The first-order chi connectivity index (χ1) is 15.1. The minimum absolute atomic E-state index is 0.0191. The van der Waals surface area contributed by atoms with Crippen LogP contribution < -0.4 is 4.72 Å². The van der Waals surface area contributed by atoms with Crippen molar-refractivity contribution in [2.75, 3.05) is 4.72 Å². The molecule has 0 saturated carbocycles. The van der Waals surface area contributed by atoms with E-state index in [1.807, 2.05) is 0 Å². The number of para-hydroxylation sites is 1. The van der Waals surface area contributed by atoms with Gasteiger partial charge in [-0.25, -0.2) is 18.0 Å². The van der Waals surface area contributed by atoms with Gasteiger partial charge in [0.25, 0.3) is 10.0 Å². The number of hydrogen-bond donors (Lipinski definition) is 1. The Morgan fingerprint density at radius 1 is 0.875 bits per heavy atom. The summed E-state index contributed by atoms with van der Waals surface area (Å²) in [5.74, 6) is -1.38. The molecule has 3 rings (SSSR count). The Hall–Kier alpha value is -3.46. The smallest absolute Gasteiger partial charge is 0.338 e. The number of nitrogens with one attached hydrogen (secondary N) is 1. The number of pyridine rings is 1. The summed E-state index contributed by atoms with van der Waals surface area (Å²) >= 11 is 0. The van der Waals surface area contributed by atoms with Gasteiger partial charge in [0.05, 0.1) is 34.5 Å². The molecule has 168 valence electrons. The fourth-order valence-corrected chi connectivity index (χ4v) is 4.21. The number of sulfonamides is 1. The molecule has 8 nitrogen and oxygen atoms in total. The molecule has 0 radical (unpaired) electrons. The van der Waals surface area contributed by atoms with E-state index in [4.69, 9.17) is 9.47 Å². The minimum Gasteiger partial charge on any atom is -0.459 e. The van der Waals surface area contributed by atoms with E-state index in [0.29, 0.717) is 10.9 Å². The average Bonchev–Trinajstić information content (AvgIpc) is 2.71. The lowest BCUT2D eigenvalue weighted by molar-refractivity contribution is 0.0377. The zero-order chi connectivity index (χ0) is 23.5. The van der Waals surface area contributed by atoms with Crippen LogP contribution in [0.5, 0.6) is 0 Å². The molecule has 1 aromatic heterocycles. The van der Waals surface area contributed by atoms with Crippen molar-refractivity contribution < 1.29 is 27.5 Å². The maximum Gasteiger partial charge on any atom is 0.338 e. The third-order valence-corrected chi connectivity index (χ3v) is 5.64. The largest absolute Gasteiger partial charge is 0.459 e. The molecule has 0 spiro atoms. The van der Waals surface area contributed by atoms with Crippen molar-refractivity contribution in [2.45, 2.75) is 44.8 Å². The normalized spacial score (nSPS) is 11.6. The molecule has 0 aliphatic carbocycles. The van der Waals surface area contributed by atoms with E-state index in [9.17, 15) is 18.0 Å². The molecule has 0 unspecified atom stereocenters. The van der Waals surface area contributed by atoms with Crippen molar-refractivity contribution >= 4 is 38.6 Å². The van der Waals surface area contributed by atoms with Gasteiger partial charge in [-0.3, -0.25) is 9.71 Å². The van der Waals surface area contributed by atoms with Crippen LogP contribution in [0.2, 0.25) is 0 Å². The Bertz CT molecular complexity index is 1220. The Morgan fingerprint density at radius 2 is 1.44 bits per heavy atom. The molecule has 0 aliphatic rings. The number of nitrogens with zero attached hydrogens (tertiary/aromatic N) is 1. The molecule has 0 amide bonds. The van der Waals surface area contributed by atoms with E-state index in [1.54, 1.807) is 52.0 Å². The quantitative estimate of drug-likeness (QED) is 0.531. The number of esters is 2. The maximum absolute atomic E-state index is 13.1. The molecule has 0 bridgehead atoms. The van der Waals surface area contributed by atoms with E-state index in [-0.39, 0.29) is 21.7 Å². The van der Waals surface area contributed by atoms with Gasteiger partial charge in [-0.15, -0.1) is 0 Å². The number of aromatic nitrogens is 1. The predicted molar refractivity (Wildman–Crippen MR) is 120 cm³/mol. The Labute approximate surface area is 186 Å². The van der Waals surface area contributed by atoms with E-state index in [1.165, 1.54) is 30.5 Å². The summed E-state index contributed by atoms with van der Waals surface area (Å²) in [6.45, 7) is 6.75. The second-order valence-electron chi connectivity index (χ2n) is 7.64. The number of anilines is 1. The SMILES string of the molecule is CC(C)OC(=O)c1cc(NS(=O)(=O)c2cccc3cccnc23)cc(C(=O)OC(C)C)c1. The fraction of sp³-hybridized carbons (Fsp3) is 0.261. The standard InChI is InChI=1S/C23H24N2O6S/c1-14(2)30-22(26)17-11-18(23(27)31-15(3)4)13-19(12-17)25-32(28,29)20-9-5-7-16-8-6-10-24-21(16)20/h5-15,25H,1-4H3. The van der Waals surface area contributed by atoms with Crippen LogP contribution in [0, 0.1) is 0 Å². The Morgan fingerprint density at radius 3 is 2.00 bits per heavy atom. The lowest BCUT2D eigenvalue weighted by Crippen LogP contribution is -2.18. The van der Waals surface area contributed by atoms with Crippen molar-refractivity contribution in [3.05, 3.63) is 65.9 Å². The molecule has 0 saturated heterocycles. The molecule has 0 aliphatic heterocycles. The van der Waals surface area contributed by atoms with Crippen molar-refractivity contribution in [1.82, 2.24) is 4.98 Å². The molecule has 1 N–H and O–H groups in total.